The molecule has 2 nitrogen and oxygen atoms in total. The minimum Gasteiger partial charge on any atom is -0.236 e. The third-order valence-electron chi connectivity index (χ3n) is 7.73. The third kappa shape index (κ3) is 9.22. The van der Waals surface area contributed by atoms with E-state index in [0.29, 0.717) is 0 Å². The van der Waals surface area contributed by atoms with Gasteiger partial charge >= 0.3 is 0 Å². The fourth-order valence-corrected chi connectivity index (χ4v) is 5.47. The van der Waals surface area contributed by atoms with Gasteiger partial charge in [0.05, 0.1) is 0 Å². The lowest BCUT2D eigenvalue weighted by Gasteiger charge is -2.29. The number of aryl methyl sites for hydroxylation is 1. The van der Waals surface area contributed by atoms with Crippen LogP contribution >= 0.6 is 0 Å². The van der Waals surface area contributed by atoms with Gasteiger partial charge in [-0.2, -0.15) is 0 Å². The quantitative estimate of drug-likeness (QED) is 0.253. The second-order valence-corrected chi connectivity index (χ2v) is 10.5. The molecule has 3 rings (SSSR count). The molecule has 1 heterocycles. The lowest BCUT2D eigenvalue weighted by molar-refractivity contribution is 0.302. The van der Waals surface area contributed by atoms with Gasteiger partial charge in [0, 0.05) is 18.0 Å². The van der Waals surface area contributed by atoms with Crippen LogP contribution in [0.4, 0.5) is 0 Å². The molecule has 0 atom stereocenters. The van der Waals surface area contributed by atoms with Crippen molar-refractivity contribution in [2.75, 3.05) is 0 Å². The van der Waals surface area contributed by atoms with Crippen molar-refractivity contribution in [2.24, 2.45) is 5.92 Å². The van der Waals surface area contributed by atoms with Gasteiger partial charge in [-0.25, -0.2) is 9.97 Å². The summed E-state index contributed by atoms with van der Waals surface area (Å²) in [6.45, 7) is 4.57. The Morgan fingerprint density at radius 2 is 1.24 bits per heavy atom. The summed E-state index contributed by atoms with van der Waals surface area (Å²) in [6.07, 6.45) is 27.3. The maximum absolute atomic E-state index is 4.67. The molecule has 0 amide bonds. The Morgan fingerprint density at radius 3 is 1.88 bits per heavy atom. The van der Waals surface area contributed by atoms with Crippen molar-refractivity contribution < 1.29 is 0 Å². The Hall–Kier alpha value is -1.70. The van der Waals surface area contributed by atoms with Crippen LogP contribution in [-0.2, 0) is 6.42 Å². The maximum atomic E-state index is 4.67. The molecule has 0 spiro atoms. The predicted molar refractivity (Wildman–Crippen MR) is 143 cm³/mol. The van der Waals surface area contributed by atoms with Crippen LogP contribution in [0, 0.1) is 5.92 Å². The van der Waals surface area contributed by atoms with Gasteiger partial charge in [0.1, 0.15) is 0 Å². The molecule has 33 heavy (non-hydrogen) atoms. The molecule has 0 aliphatic heterocycles. The molecular formula is C31H48N2. The molecule has 1 aliphatic rings. The lowest BCUT2D eigenvalue weighted by atomic mass is 9.77. The fourth-order valence-electron chi connectivity index (χ4n) is 5.47. The van der Waals surface area contributed by atoms with Crippen LogP contribution in [0.15, 0.2) is 36.7 Å². The largest absolute Gasteiger partial charge is 0.236 e. The summed E-state index contributed by atoms with van der Waals surface area (Å²) < 4.78 is 0. The molecule has 0 unspecified atom stereocenters. The Kier molecular flexibility index (Phi) is 12.0. The maximum Gasteiger partial charge on any atom is 0.159 e. The summed E-state index contributed by atoms with van der Waals surface area (Å²) in [7, 11) is 0. The van der Waals surface area contributed by atoms with E-state index in [4.69, 9.17) is 0 Å². The summed E-state index contributed by atoms with van der Waals surface area (Å²) in [5.74, 6) is 2.58. The smallest absolute Gasteiger partial charge is 0.159 e. The van der Waals surface area contributed by atoms with Crippen LogP contribution in [0.5, 0.6) is 0 Å². The van der Waals surface area contributed by atoms with Crippen molar-refractivity contribution in [2.45, 2.75) is 129 Å². The van der Waals surface area contributed by atoms with Crippen LogP contribution in [0.25, 0.3) is 11.4 Å². The van der Waals surface area contributed by atoms with Gasteiger partial charge in [0.25, 0.3) is 0 Å². The van der Waals surface area contributed by atoms with E-state index < -0.39 is 0 Å². The van der Waals surface area contributed by atoms with Crippen molar-refractivity contribution in [3.63, 3.8) is 0 Å². The Labute approximate surface area is 204 Å². The minimum absolute atomic E-state index is 0.746. The van der Waals surface area contributed by atoms with E-state index in [0.717, 1.165) is 29.6 Å². The SMILES string of the molecule is CCCCCCCCc1cnc(-c2ccc(C3CCC(CCCCCCC)CC3)cc2)nc1. The molecule has 0 N–H and O–H groups in total. The average Bonchev–Trinajstić information content (AvgIpc) is 2.87. The summed E-state index contributed by atoms with van der Waals surface area (Å²) in [5.41, 5.74) is 3.93. The molecule has 0 radical (unpaired) electrons. The number of unbranched alkanes of at least 4 members (excludes halogenated alkanes) is 9. The summed E-state index contributed by atoms with van der Waals surface area (Å²) in [6, 6.07) is 9.13. The van der Waals surface area contributed by atoms with E-state index in [-0.39, 0.29) is 0 Å². The van der Waals surface area contributed by atoms with Crippen LogP contribution < -0.4 is 0 Å². The molecule has 2 aromatic rings. The minimum atomic E-state index is 0.746. The standard InChI is InChI=1S/C31H48N2/c1-3-5-7-9-11-13-15-27-24-32-31(33-25-27)30-22-20-29(21-23-30)28-18-16-26(17-19-28)14-12-10-8-6-4-2/h20-26,28H,3-19H2,1-2H3. The van der Waals surface area contributed by atoms with Crippen LogP contribution in [0.3, 0.4) is 0 Å². The van der Waals surface area contributed by atoms with Crippen molar-refractivity contribution in [3.8, 4) is 11.4 Å². The molecule has 182 valence electrons. The topological polar surface area (TPSA) is 25.8 Å². The zero-order valence-corrected chi connectivity index (χ0v) is 21.5. The highest BCUT2D eigenvalue weighted by molar-refractivity contribution is 5.55. The van der Waals surface area contributed by atoms with Crippen LogP contribution in [0.1, 0.15) is 134 Å². The second kappa shape index (κ2) is 15.3. The molecular weight excluding hydrogens is 400 g/mol. The van der Waals surface area contributed by atoms with E-state index in [9.17, 15) is 0 Å². The number of hydrogen-bond donors (Lipinski definition) is 0. The van der Waals surface area contributed by atoms with Gasteiger partial charge < -0.3 is 0 Å². The van der Waals surface area contributed by atoms with Crippen LogP contribution in [0.2, 0.25) is 0 Å². The molecule has 1 aromatic heterocycles. The molecule has 1 fully saturated rings. The highest BCUT2D eigenvalue weighted by atomic mass is 14.9. The summed E-state index contributed by atoms with van der Waals surface area (Å²) in [5, 5.41) is 0. The van der Waals surface area contributed by atoms with E-state index in [1.807, 2.05) is 12.4 Å². The van der Waals surface area contributed by atoms with Crippen molar-refractivity contribution >= 4 is 0 Å². The number of benzene rings is 1. The Morgan fingerprint density at radius 1 is 0.667 bits per heavy atom. The third-order valence-corrected chi connectivity index (χ3v) is 7.73. The van der Waals surface area contributed by atoms with Crippen molar-refractivity contribution in [3.05, 3.63) is 47.8 Å². The van der Waals surface area contributed by atoms with Crippen molar-refractivity contribution in [1.82, 2.24) is 9.97 Å². The first kappa shape index (κ1) is 25.9. The Balaban J connectivity index is 1.39. The van der Waals surface area contributed by atoms with Gasteiger partial charge in [-0.3, -0.25) is 0 Å². The number of rotatable bonds is 15. The van der Waals surface area contributed by atoms with Gasteiger partial charge in [-0.15, -0.1) is 0 Å². The van der Waals surface area contributed by atoms with Gasteiger partial charge in [0.15, 0.2) is 5.82 Å². The van der Waals surface area contributed by atoms with E-state index in [2.05, 4.69) is 48.1 Å². The molecule has 1 saturated carbocycles. The average molecular weight is 449 g/mol. The predicted octanol–water partition coefficient (Wildman–Crippen LogP) is 9.68. The molecule has 0 saturated heterocycles. The van der Waals surface area contributed by atoms with Crippen molar-refractivity contribution in [1.29, 1.82) is 0 Å². The zero-order valence-electron chi connectivity index (χ0n) is 21.5. The van der Waals surface area contributed by atoms with E-state index in [1.54, 1.807) is 0 Å². The molecule has 2 heteroatoms. The first-order chi connectivity index (χ1) is 16.3. The second-order valence-electron chi connectivity index (χ2n) is 10.5. The number of aromatic nitrogens is 2. The number of hydrogen-bond acceptors (Lipinski definition) is 2. The first-order valence-electron chi connectivity index (χ1n) is 14.2. The molecule has 0 bridgehead atoms. The highest BCUT2D eigenvalue weighted by Gasteiger charge is 2.22. The Bertz CT molecular complexity index is 741. The van der Waals surface area contributed by atoms with Gasteiger partial charge in [-0.1, -0.05) is 109 Å². The molecule has 1 aliphatic carbocycles. The number of nitrogens with zero attached hydrogens (tertiary/aromatic N) is 2. The van der Waals surface area contributed by atoms with Crippen LogP contribution in [-0.4, -0.2) is 9.97 Å². The zero-order chi connectivity index (χ0) is 23.1. The fraction of sp³-hybridized carbons (Fsp3) is 0.677. The normalized spacial score (nSPS) is 18.5. The highest BCUT2D eigenvalue weighted by Crippen LogP contribution is 2.38. The first-order valence-corrected chi connectivity index (χ1v) is 14.2. The van der Waals surface area contributed by atoms with Gasteiger partial charge in [0.2, 0.25) is 0 Å². The summed E-state index contributed by atoms with van der Waals surface area (Å²) in [4.78, 5) is 9.33. The lowest BCUT2D eigenvalue weighted by Crippen LogP contribution is -2.13. The van der Waals surface area contributed by atoms with Gasteiger partial charge in [-0.05, 0) is 61.5 Å². The van der Waals surface area contributed by atoms with E-state index >= 15 is 0 Å². The monoisotopic (exact) mass is 448 g/mol. The summed E-state index contributed by atoms with van der Waals surface area (Å²) >= 11 is 0. The van der Waals surface area contributed by atoms with E-state index in [1.165, 1.54) is 114 Å². The molecule has 1 aromatic carbocycles.